The molecule has 25 heavy (non-hydrogen) atoms. The van der Waals surface area contributed by atoms with Crippen molar-refractivity contribution in [3.63, 3.8) is 0 Å². The Bertz CT molecular complexity index is 619. The van der Waals surface area contributed by atoms with E-state index < -0.39 is 5.97 Å². The highest BCUT2D eigenvalue weighted by Gasteiger charge is 2.37. The minimum absolute atomic E-state index is 0.0633. The zero-order valence-electron chi connectivity index (χ0n) is 14.6. The Labute approximate surface area is 148 Å². The maximum atomic E-state index is 12.7. The average Bonchev–Trinajstić information content (AvgIpc) is 2.62. The van der Waals surface area contributed by atoms with E-state index in [2.05, 4.69) is 17.6 Å². The lowest BCUT2D eigenvalue weighted by Crippen LogP contribution is -2.37. The monoisotopic (exact) mass is 346 g/mol. The van der Waals surface area contributed by atoms with Gasteiger partial charge in [-0.25, -0.2) is 0 Å². The molecule has 0 heterocycles. The van der Waals surface area contributed by atoms with Crippen molar-refractivity contribution in [2.75, 3.05) is 11.9 Å². The Morgan fingerprint density at radius 2 is 1.72 bits per heavy atom. The number of benzene rings is 1. The summed E-state index contributed by atoms with van der Waals surface area (Å²) in [5, 5.41) is 14.1. The minimum atomic E-state index is -0.953. The summed E-state index contributed by atoms with van der Waals surface area (Å²) in [6, 6.07) is 6.67. The van der Waals surface area contributed by atoms with Crippen molar-refractivity contribution < 1.29 is 19.5 Å². The Kier molecular flexibility index (Phi) is 6.56. The molecule has 0 spiro atoms. The van der Waals surface area contributed by atoms with Crippen LogP contribution < -0.4 is 10.6 Å². The molecule has 0 unspecified atom stereocenters. The number of carbonyl (C=O) groups excluding carboxylic acids is 2. The Morgan fingerprint density at radius 1 is 1.08 bits per heavy atom. The summed E-state index contributed by atoms with van der Waals surface area (Å²) in [6.07, 6.45) is 5.97. The molecule has 1 saturated carbocycles. The molecule has 1 aromatic rings. The van der Waals surface area contributed by atoms with Crippen LogP contribution in [0.3, 0.4) is 0 Å². The van der Waals surface area contributed by atoms with Crippen LogP contribution in [0.5, 0.6) is 0 Å². The molecule has 3 N–H and O–H groups in total. The molecule has 1 aliphatic rings. The number of carboxylic acids is 1. The van der Waals surface area contributed by atoms with E-state index in [9.17, 15) is 14.4 Å². The minimum Gasteiger partial charge on any atom is -0.481 e. The first kappa shape index (κ1) is 19.0. The molecule has 1 aromatic carbocycles. The highest BCUT2D eigenvalue weighted by molar-refractivity contribution is 5.97. The van der Waals surface area contributed by atoms with Gasteiger partial charge in [0, 0.05) is 23.2 Å². The topological polar surface area (TPSA) is 95.5 Å². The van der Waals surface area contributed by atoms with E-state index in [1.807, 2.05) is 0 Å². The summed E-state index contributed by atoms with van der Waals surface area (Å²) in [7, 11) is 0. The number of hydrogen-bond acceptors (Lipinski definition) is 3. The fourth-order valence-electron chi connectivity index (χ4n) is 3.32. The number of hydrogen-bond donors (Lipinski definition) is 3. The number of nitrogens with one attached hydrogen (secondary N) is 2. The molecule has 6 heteroatoms. The zero-order chi connectivity index (χ0) is 18.3. The van der Waals surface area contributed by atoms with E-state index in [0.29, 0.717) is 11.3 Å². The molecular weight excluding hydrogens is 320 g/mol. The molecule has 136 valence electrons. The fourth-order valence-corrected chi connectivity index (χ4v) is 3.32. The number of anilines is 1. The molecule has 0 aromatic heterocycles. The third kappa shape index (κ3) is 5.05. The second-order valence-corrected chi connectivity index (χ2v) is 6.63. The molecule has 0 saturated heterocycles. The quantitative estimate of drug-likeness (QED) is 0.706. The van der Waals surface area contributed by atoms with Gasteiger partial charge in [0.05, 0.1) is 6.42 Å². The van der Waals surface area contributed by atoms with Gasteiger partial charge in [-0.2, -0.15) is 0 Å². The van der Waals surface area contributed by atoms with Crippen LogP contribution in [0.1, 0.15) is 62.2 Å². The number of amides is 2. The van der Waals surface area contributed by atoms with Gasteiger partial charge < -0.3 is 15.7 Å². The molecule has 0 radical (unpaired) electrons. The predicted molar refractivity (Wildman–Crippen MR) is 95.5 cm³/mol. The van der Waals surface area contributed by atoms with E-state index in [0.717, 1.165) is 32.1 Å². The van der Waals surface area contributed by atoms with Gasteiger partial charge in [-0.15, -0.1) is 0 Å². The number of aliphatic carboxylic acids is 1. The van der Waals surface area contributed by atoms with Crippen molar-refractivity contribution in [2.24, 2.45) is 5.41 Å². The van der Waals surface area contributed by atoms with E-state index in [4.69, 9.17) is 5.11 Å². The van der Waals surface area contributed by atoms with Crippen LogP contribution in [-0.4, -0.2) is 29.4 Å². The van der Waals surface area contributed by atoms with E-state index in [-0.39, 0.29) is 30.2 Å². The standard InChI is InChI=1S/C19H26N2O4/c1-2-19(11-4-3-5-12-19)18(25)21-15-8-6-14(7-9-15)17(24)20-13-10-16(22)23/h6-9H,2-5,10-13H2,1H3,(H,20,24)(H,21,25)(H,22,23). The highest BCUT2D eigenvalue weighted by atomic mass is 16.4. The molecule has 1 aliphatic carbocycles. The first-order chi connectivity index (χ1) is 12.0. The van der Waals surface area contributed by atoms with Crippen LogP contribution >= 0.6 is 0 Å². The van der Waals surface area contributed by atoms with Crippen LogP contribution in [0.15, 0.2) is 24.3 Å². The SMILES string of the molecule is CCC1(C(=O)Nc2ccc(C(=O)NCCC(=O)O)cc2)CCCCC1. The molecule has 6 nitrogen and oxygen atoms in total. The highest BCUT2D eigenvalue weighted by Crippen LogP contribution is 2.40. The van der Waals surface area contributed by atoms with Gasteiger partial charge in [0.15, 0.2) is 0 Å². The van der Waals surface area contributed by atoms with Crippen LogP contribution in [0.25, 0.3) is 0 Å². The third-order valence-electron chi connectivity index (χ3n) is 5.00. The second kappa shape index (κ2) is 8.65. The lowest BCUT2D eigenvalue weighted by Gasteiger charge is -2.34. The normalized spacial score (nSPS) is 16.0. The van der Waals surface area contributed by atoms with Gasteiger partial charge in [-0.05, 0) is 43.5 Å². The van der Waals surface area contributed by atoms with Crippen LogP contribution in [0.2, 0.25) is 0 Å². The second-order valence-electron chi connectivity index (χ2n) is 6.63. The van der Waals surface area contributed by atoms with Crippen LogP contribution in [0, 0.1) is 5.41 Å². The largest absolute Gasteiger partial charge is 0.481 e. The first-order valence-corrected chi connectivity index (χ1v) is 8.88. The van der Waals surface area contributed by atoms with Crippen LogP contribution in [-0.2, 0) is 9.59 Å². The summed E-state index contributed by atoms with van der Waals surface area (Å²) in [5.74, 6) is -1.21. The van der Waals surface area contributed by atoms with E-state index >= 15 is 0 Å². The maximum absolute atomic E-state index is 12.7. The summed E-state index contributed by atoms with van der Waals surface area (Å²) < 4.78 is 0. The first-order valence-electron chi connectivity index (χ1n) is 8.88. The van der Waals surface area contributed by atoms with Gasteiger partial charge >= 0.3 is 5.97 Å². The lowest BCUT2D eigenvalue weighted by molar-refractivity contribution is -0.136. The Hall–Kier alpha value is -2.37. The molecule has 2 amide bonds. The van der Waals surface area contributed by atoms with Crippen LogP contribution in [0.4, 0.5) is 5.69 Å². The van der Waals surface area contributed by atoms with Gasteiger partial charge in [0.1, 0.15) is 0 Å². The number of carboxylic acid groups (broad SMARTS) is 1. The third-order valence-corrected chi connectivity index (χ3v) is 5.00. The van der Waals surface area contributed by atoms with Gasteiger partial charge in [-0.1, -0.05) is 26.2 Å². The molecule has 0 aliphatic heterocycles. The summed E-state index contributed by atoms with van der Waals surface area (Å²) in [6.45, 7) is 2.15. The van der Waals surface area contributed by atoms with Crippen molar-refractivity contribution in [1.82, 2.24) is 5.32 Å². The van der Waals surface area contributed by atoms with Gasteiger partial charge in [0.25, 0.3) is 5.91 Å². The van der Waals surface area contributed by atoms with Gasteiger partial charge in [-0.3, -0.25) is 14.4 Å². The van der Waals surface area contributed by atoms with E-state index in [1.54, 1.807) is 24.3 Å². The molecule has 0 atom stereocenters. The maximum Gasteiger partial charge on any atom is 0.305 e. The van der Waals surface area contributed by atoms with Crippen molar-refractivity contribution in [1.29, 1.82) is 0 Å². The fraction of sp³-hybridized carbons (Fsp3) is 0.526. The van der Waals surface area contributed by atoms with Gasteiger partial charge in [0.2, 0.25) is 5.91 Å². The smallest absolute Gasteiger partial charge is 0.305 e. The van der Waals surface area contributed by atoms with Crippen molar-refractivity contribution in [2.45, 2.75) is 51.9 Å². The molecule has 2 rings (SSSR count). The van der Waals surface area contributed by atoms with Crippen molar-refractivity contribution >= 4 is 23.5 Å². The summed E-state index contributed by atoms with van der Waals surface area (Å²) >= 11 is 0. The number of carbonyl (C=O) groups is 3. The predicted octanol–water partition coefficient (Wildman–Crippen LogP) is 3.19. The molecule has 0 bridgehead atoms. The molecular formula is C19H26N2O4. The average molecular weight is 346 g/mol. The van der Waals surface area contributed by atoms with Crippen molar-refractivity contribution in [3.05, 3.63) is 29.8 Å². The Balaban J connectivity index is 1.94. The van der Waals surface area contributed by atoms with E-state index in [1.165, 1.54) is 6.42 Å². The zero-order valence-corrected chi connectivity index (χ0v) is 14.6. The lowest BCUT2D eigenvalue weighted by atomic mass is 9.71. The molecule has 1 fully saturated rings. The van der Waals surface area contributed by atoms with Crippen molar-refractivity contribution in [3.8, 4) is 0 Å². The Morgan fingerprint density at radius 3 is 2.28 bits per heavy atom. The number of rotatable bonds is 7. The summed E-state index contributed by atoms with van der Waals surface area (Å²) in [4.78, 5) is 35.1. The summed E-state index contributed by atoms with van der Waals surface area (Å²) in [5.41, 5.74) is 0.835.